The Morgan fingerprint density at radius 3 is 2.92 bits per heavy atom. The molecule has 2 amide bonds. The van der Waals surface area contributed by atoms with E-state index >= 15 is 0 Å². The van der Waals surface area contributed by atoms with Crippen LogP contribution in [0.25, 0.3) is 0 Å². The van der Waals surface area contributed by atoms with E-state index in [-0.39, 0.29) is 17.9 Å². The molecule has 0 aliphatic carbocycles. The third-order valence-electron chi connectivity index (χ3n) is 1.93. The molecular weight excluding hydrogens is 158 g/mol. The van der Waals surface area contributed by atoms with Crippen molar-refractivity contribution in [3.05, 3.63) is 0 Å². The normalized spacial score (nSPS) is 22.0. The summed E-state index contributed by atoms with van der Waals surface area (Å²) >= 11 is 0. The molecule has 1 fully saturated rings. The van der Waals surface area contributed by atoms with Gasteiger partial charge in [-0.15, -0.1) is 0 Å². The summed E-state index contributed by atoms with van der Waals surface area (Å²) in [6.07, 6.45) is 0.356. The number of amides is 2. The molecule has 0 aromatic heterocycles. The zero-order valence-corrected chi connectivity index (χ0v) is 7.04. The molecule has 0 aromatic carbocycles. The highest BCUT2D eigenvalue weighted by molar-refractivity contribution is 5.88. The minimum Gasteiger partial charge on any atom is -0.359 e. The van der Waals surface area contributed by atoms with Gasteiger partial charge in [0.15, 0.2) is 0 Å². The summed E-state index contributed by atoms with van der Waals surface area (Å²) in [6.45, 7) is 1.06. The molecule has 68 valence electrons. The smallest absolute Gasteiger partial charge is 0.241 e. The van der Waals surface area contributed by atoms with Gasteiger partial charge in [0.2, 0.25) is 11.8 Å². The second kappa shape index (κ2) is 3.53. The molecule has 0 bridgehead atoms. The van der Waals surface area contributed by atoms with Crippen LogP contribution in [0, 0.1) is 0 Å². The molecule has 0 aromatic rings. The average molecular weight is 171 g/mol. The van der Waals surface area contributed by atoms with Gasteiger partial charge in [0, 0.05) is 26.6 Å². The van der Waals surface area contributed by atoms with Crippen LogP contribution in [-0.4, -0.2) is 42.9 Å². The van der Waals surface area contributed by atoms with Gasteiger partial charge < -0.3 is 16.0 Å². The fourth-order valence-electron chi connectivity index (χ4n) is 1.09. The minimum absolute atomic E-state index is 0.0525. The van der Waals surface area contributed by atoms with Crippen molar-refractivity contribution in [1.29, 1.82) is 0 Å². The van der Waals surface area contributed by atoms with Gasteiger partial charge in [0.25, 0.3) is 0 Å². The molecule has 1 unspecified atom stereocenters. The minimum atomic E-state index is -0.338. The maximum Gasteiger partial charge on any atom is 0.241 e. The zero-order chi connectivity index (χ0) is 9.14. The van der Waals surface area contributed by atoms with Crippen molar-refractivity contribution in [2.24, 2.45) is 5.73 Å². The first-order valence-electron chi connectivity index (χ1n) is 3.90. The van der Waals surface area contributed by atoms with Gasteiger partial charge >= 0.3 is 0 Å². The lowest BCUT2D eigenvalue weighted by Gasteiger charge is -2.35. The number of carbonyl (C=O) groups excluding carboxylic acids is 2. The number of β-lactam (4-membered cyclic amide) rings is 1. The van der Waals surface area contributed by atoms with Gasteiger partial charge in [-0.25, -0.2) is 0 Å². The fourth-order valence-corrected chi connectivity index (χ4v) is 1.09. The maximum atomic E-state index is 10.9. The fraction of sp³-hybridized carbons (Fsp3) is 0.714. The topological polar surface area (TPSA) is 75.4 Å². The van der Waals surface area contributed by atoms with Gasteiger partial charge in [-0.05, 0) is 0 Å². The molecule has 0 radical (unpaired) electrons. The van der Waals surface area contributed by atoms with Crippen molar-refractivity contribution in [2.45, 2.75) is 12.5 Å². The summed E-state index contributed by atoms with van der Waals surface area (Å²) in [5, 5.41) is 2.49. The van der Waals surface area contributed by atoms with Crippen LogP contribution in [-0.2, 0) is 9.59 Å². The lowest BCUT2D eigenvalue weighted by Crippen LogP contribution is -2.61. The molecule has 0 saturated carbocycles. The Morgan fingerprint density at radius 2 is 2.50 bits per heavy atom. The van der Waals surface area contributed by atoms with Gasteiger partial charge in [-0.1, -0.05) is 0 Å². The second-order valence-electron chi connectivity index (χ2n) is 2.81. The van der Waals surface area contributed by atoms with E-state index in [0.29, 0.717) is 19.5 Å². The average Bonchev–Trinajstić information content (AvgIpc) is 2.10. The number of nitrogens with one attached hydrogen (secondary N) is 1. The lowest BCUT2D eigenvalue weighted by atomic mass is 10.1. The van der Waals surface area contributed by atoms with Crippen molar-refractivity contribution < 1.29 is 9.59 Å². The Labute approximate surface area is 70.9 Å². The standard InChI is InChI=1S/C7H13N3O2/c1-9-6(11)2-3-10-4-5(8)7(10)12/h5H,2-4,8H2,1H3,(H,9,11). The number of nitrogens with two attached hydrogens (primary N) is 1. The molecular formula is C7H13N3O2. The summed E-state index contributed by atoms with van der Waals surface area (Å²) in [6, 6.07) is -0.338. The van der Waals surface area contributed by atoms with Gasteiger partial charge in [-0.2, -0.15) is 0 Å². The maximum absolute atomic E-state index is 10.9. The first-order valence-corrected chi connectivity index (χ1v) is 3.90. The van der Waals surface area contributed by atoms with Crippen LogP contribution < -0.4 is 11.1 Å². The first-order chi connectivity index (χ1) is 5.65. The third-order valence-corrected chi connectivity index (χ3v) is 1.93. The summed E-state index contributed by atoms with van der Waals surface area (Å²) in [5.74, 6) is -0.109. The highest BCUT2D eigenvalue weighted by Crippen LogP contribution is 2.07. The Bertz CT molecular complexity index is 205. The van der Waals surface area contributed by atoms with Crippen LogP contribution in [0.5, 0.6) is 0 Å². The first kappa shape index (κ1) is 8.99. The van der Waals surface area contributed by atoms with Gasteiger partial charge in [0.1, 0.15) is 6.04 Å². The molecule has 0 spiro atoms. The van der Waals surface area contributed by atoms with Crippen LogP contribution in [0.15, 0.2) is 0 Å². The van der Waals surface area contributed by atoms with E-state index in [1.165, 1.54) is 0 Å². The monoisotopic (exact) mass is 171 g/mol. The number of carbonyl (C=O) groups is 2. The Morgan fingerprint density at radius 1 is 1.83 bits per heavy atom. The molecule has 1 saturated heterocycles. The molecule has 1 aliphatic heterocycles. The van der Waals surface area contributed by atoms with Crippen LogP contribution in [0.1, 0.15) is 6.42 Å². The van der Waals surface area contributed by atoms with Crippen LogP contribution in [0.4, 0.5) is 0 Å². The highest BCUT2D eigenvalue weighted by atomic mass is 16.2. The Balaban J connectivity index is 2.18. The van der Waals surface area contributed by atoms with Gasteiger partial charge in [-0.3, -0.25) is 9.59 Å². The highest BCUT2D eigenvalue weighted by Gasteiger charge is 2.32. The third kappa shape index (κ3) is 1.73. The second-order valence-corrected chi connectivity index (χ2v) is 2.81. The number of nitrogens with zero attached hydrogens (tertiary/aromatic N) is 1. The molecule has 1 aliphatic rings. The number of hydrogen-bond donors (Lipinski definition) is 2. The molecule has 5 heteroatoms. The van der Waals surface area contributed by atoms with E-state index in [1.807, 2.05) is 0 Å². The summed E-state index contributed by atoms with van der Waals surface area (Å²) in [5.41, 5.74) is 5.36. The molecule has 12 heavy (non-hydrogen) atoms. The zero-order valence-electron chi connectivity index (χ0n) is 7.04. The van der Waals surface area contributed by atoms with E-state index < -0.39 is 0 Å². The Hall–Kier alpha value is -1.10. The molecule has 1 atom stereocenters. The van der Waals surface area contributed by atoms with Crippen LogP contribution in [0.3, 0.4) is 0 Å². The number of hydrogen-bond acceptors (Lipinski definition) is 3. The van der Waals surface area contributed by atoms with Crippen molar-refractivity contribution in [3.8, 4) is 0 Å². The summed E-state index contributed by atoms with van der Waals surface area (Å²) in [7, 11) is 1.58. The Kier molecular flexibility index (Phi) is 2.65. The SMILES string of the molecule is CNC(=O)CCN1CC(N)C1=O. The number of likely N-dealkylation sites (tertiary alicyclic amines) is 1. The van der Waals surface area contributed by atoms with Crippen molar-refractivity contribution in [1.82, 2.24) is 10.2 Å². The molecule has 1 heterocycles. The summed E-state index contributed by atoms with van der Waals surface area (Å²) < 4.78 is 0. The van der Waals surface area contributed by atoms with Crippen LogP contribution >= 0.6 is 0 Å². The molecule has 3 N–H and O–H groups in total. The van der Waals surface area contributed by atoms with Crippen molar-refractivity contribution in [3.63, 3.8) is 0 Å². The van der Waals surface area contributed by atoms with Gasteiger partial charge in [0.05, 0.1) is 0 Å². The van der Waals surface area contributed by atoms with E-state index in [9.17, 15) is 9.59 Å². The van der Waals surface area contributed by atoms with Crippen molar-refractivity contribution in [2.75, 3.05) is 20.1 Å². The predicted octanol–water partition coefficient (Wildman–Crippen LogP) is -1.71. The largest absolute Gasteiger partial charge is 0.359 e. The van der Waals surface area contributed by atoms with E-state index in [4.69, 9.17) is 5.73 Å². The lowest BCUT2D eigenvalue weighted by molar-refractivity contribution is -0.142. The van der Waals surface area contributed by atoms with E-state index in [0.717, 1.165) is 0 Å². The predicted molar refractivity (Wildman–Crippen MR) is 43.2 cm³/mol. The van der Waals surface area contributed by atoms with Crippen molar-refractivity contribution >= 4 is 11.8 Å². The number of rotatable bonds is 3. The van der Waals surface area contributed by atoms with Crippen LogP contribution in [0.2, 0.25) is 0 Å². The summed E-state index contributed by atoms with van der Waals surface area (Å²) in [4.78, 5) is 23.3. The molecule has 5 nitrogen and oxygen atoms in total. The quantitative estimate of drug-likeness (QED) is 0.496. The van der Waals surface area contributed by atoms with E-state index in [2.05, 4.69) is 5.32 Å². The van der Waals surface area contributed by atoms with E-state index in [1.54, 1.807) is 11.9 Å². The molecule has 1 rings (SSSR count).